The molecular weight excluding hydrogens is 290 g/mol. The van der Waals surface area contributed by atoms with Crippen LogP contribution in [0.1, 0.15) is 42.5 Å². The molecule has 1 saturated heterocycles. The van der Waals surface area contributed by atoms with Gasteiger partial charge in [-0.25, -0.2) is 0 Å². The zero-order valence-corrected chi connectivity index (χ0v) is 13.1. The van der Waals surface area contributed by atoms with Crippen LogP contribution in [0.5, 0.6) is 0 Å². The second kappa shape index (κ2) is 6.82. The van der Waals surface area contributed by atoms with E-state index in [1.165, 1.54) is 0 Å². The predicted octanol–water partition coefficient (Wildman–Crippen LogP) is 3.70. The third-order valence-corrected chi connectivity index (χ3v) is 4.60. The summed E-state index contributed by atoms with van der Waals surface area (Å²) in [5.41, 5.74) is 0.713. The Morgan fingerprint density at radius 1 is 1.09 bits per heavy atom. The molecule has 0 radical (unpaired) electrons. The van der Waals surface area contributed by atoms with Crippen molar-refractivity contribution in [3.8, 4) is 0 Å². The van der Waals surface area contributed by atoms with E-state index in [4.69, 9.17) is 5.11 Å². The molecule has 4 nitrogen and oxygen atoms in total. The number of amides is 1. The van der Waals surface area contributed by atoms with E-state index in [0.29, 0.717) is 18.5 Å². The summed E-state index contributed by atoms with van der Waals surface area (Å²) in [4.78, 5) is 25.8. The molecule has 4 heteroatoms. The largest absolute Gasteiger partial charge is 0.481 e. The fraction of sp³-hybridized carbons (Fsp3) is 0.368. The van der Waals surface area contributed by atoms with E-state index in [2.05, 4.69) is 0 Å². The minimum Gasteiger partial charge on any atom is -0.481 e. The highest BCUT2D eigenvalue weighted by atomic mass is 16.4. The van der Waals surface area contributed by atoms with Gasteiger partial charge in [0.15, 0.2) is 0 Å². The summed E-state index contributed by atoms with van der Waals surface area (Å²) in [6.45, 7) is 0.715. The molecule has 0 aromatic heterocycles. The van der Waals surface area contributed by atoms with Crippen molar-refractivity contribution >= 4 is 22.6 Å². The zero-order valence-electron chi connectivity index (χ0n) is 13.1. The van der Waals surface area contributed by atoms with E-state index in [-0.39, 0.29) is 18.4 Å². The Morgan fingerprint density at radius 3 is 2.70 bits per heavy atom. The fourth-order valence-corrected chi connectivity index (χ4v) is 3.42. The molecule has 1 atom stereocenters. The van der Waals surface area contributed by atoms with Crippen molar-refractivity contribution in [2.75, 3.05) is 6.54 Å². The monoisotopic (exact) mass is 311 g/mol. The van der Waals surface area contributed by atoms with Crippen molar-refractivity contribution < 1.29 is 14.7 Å². The molecule has 0 aliphatic carbocycles. The van der Waals surface area contributed by atoms with Crippen LogP contribution in [0.3, 0.4) is 0 Å². The predicted molar refractivity (Wildman–Crippen MR) is 89.5 cm³/mol. The molecular formula is C19H21NO3. The Kier molecular flexibility index (Phi) is 4.60. The van der Waals surface area contributed by atoms with Gasteiger partial charge in [0.1, 0.15) is 0 Å². The van der Waals surface area contributed by atoms with Crippen molar-refractivity contribution in [2.45, 2.75) is 38.1 Å². The lowest BCUT2D eigenvalue weighted by molar-refractivity contribution is -0.137. The highest BCUT2D eigenvalue weighted by Gasteiger charge is 2.28. The average Bonchev–Trinajstić information content (AvgIpc) is 2.59. The minimum absolute atomic E-state index is 0.0249. The van der Waals surface area contributed by atoms with Gasteiger partial charge >= 0.3 is 5.97 Å². The van der Waals surface area contributed by atoms with Gasteiger partial charge < -0.3 is 10.0 Å². The van der Waals surface area contributed by atoms with Crippen LogP contribution >= 0.6 is 0 Å². The number of fused-ring (bicyclic) bond motifs is 1. The number of carbonyl (C=O) groups excluding carboxylic acids is 1. The van der Waals surface area contributed by atoms with Gasteiger partial charge in [0.2, 0.25) is 0 Å². The van der Waals surface area contributed by atoms with Gasteiger partial charge in [-0.05, 0) is 42.5 Å². The minimum atomic E-state index is -0.798. The highest BCUT2D eigenvalue weighted by Crippen LogP contribution is 2.26. The zero-order chi connectivity index (χ0) is 16.2. The van der Waals surface area contributed by atoms with Gasteiger partial charge in [-0.15, -0.1) is 0 Å². The number of piperidine rings is 1. The molecule has 120 valence electrons. The number of aliphatic carboxylic acids is 1. The summed E-state index contributed by atoms with van der Waals surface area (Å²) >= 11 is 0. The second-order valence-corrected chi connectivity index (χ2v) is 6.11. The van der Waals surface area contributed by atoms with Crippen molar-refractivity contribution in [3.63, 3.8) is 0 Å². The fourth-order valence-electron chi connectivity index (χ4n) is 3.42. The number of carboxylic acids is 1. The number of carboxylic acid groups (broad SMARTS) is 1. The Hall–Kier alpha value is -2.36. The first-order valence-electron chi connectivity index (χ1n) is 8.17. The topological polar surface area (TPSA) is 57.6 Å². The Labute approximate surface area is 135 Å². The van der Waals surface area contributed by atoms with Gasteiger partial charge in [0, 0.05) is 24.6 Å². The molecule has 2 aromatic carbocycles. The molecule has 3 rings (SSSR count). The molecule has 23 heavy (non-hydrogen) atoms. The second-order valence-electron chi connectivity index (χ2n) is 6.11. The smallest absolute Gasteiger partial charge is 0.303 e. The quantitative estimate of drug-likeness (QED) is 0.936. The maximum absolute atomic E-state index is 13.0. The summed E-state index contributed by atoms with van der Waals surface area (Å²) in [5.74, 6) is -0.773. The van der Waals surface area contributed by atoms with Crippen LogP contribution < -0.4 is 0 Å². The van der Waals surface area contributed by atoms with Gasteiger partial charge in [-0.2, -0.15) is 0 Å². The van der Waals surface area contributed by atoms with Crippen LogP contribution in [0.15, 0.2) is 42.5 Å². The third-order valence-electron chi connectivity index (χ3n) is 4.60. The number of hydrogen-bond acceptors (Lipinski definition) is 2. The maximum Gasteiger partial charge on any atom is 0.303 e. The van der Waals surface area contributed by atoms with E-state index < -0.39 is 5.97 Å². The molecule has 1 unspecified atom stereocenters. The van der Waals surface area contributed by atoms with E-state index in [1.54, 1.807) is 0 Å². The van der Waals surface area contributed by atoms with Crippen LogP contribution in [-0.2, 0) is 4.79 Å². The van der Waals surface area contributed by atoms with Crippen LogP contribution in [-0.4, -0.2) is 34.5 Å². The number of hydrogen-bond donors (Lipinski definition) is 1. The van der Waals surface area contributed by atoms with Gasteiger partial charge in [0.05, 0.1) is 0 Å². The third kappa shape index (κ3) is 3.36. The van der Waals surface area contributed by atoms with Crippen molar-refractivity contribution in [1.82, 2.24) is 4.90 Å². The molecule has 1 heterocycles. The summed E-state index contributed by atoms with van der Waals surface area (Å²) in [6, 6.07) is 13.7. The first-order valence-corrected chi connectivity index (χ1v) is 8.17. The standard InChI is InChI=1S/C19H21NO3/c21-18(22)12-11-15-8-3-4-13-20(15)19(23)17-10-5-7-14-6-1-2-9-16(14)17/h1-2,5-7,9-10,15H,3-4,8,11-13H2,(H,21,22). The van der Waals surface area contributed by atoms with E-state index >= 15 is 0 Å². The Balaban J connectivity index is 1.88. The van der Waals surface area contributed by atoms with Crippen LogP contribution in [0.25, 0.3) is 10.8 Å². The van der Waals surface area contributed by atoms with Crippen LogP contribution in [0.4, 0.5) is 0 Å². The molecule has 1 aliphatic rings. The summed E-state index contributed by atoms with van der Waals surface area (Å²) < 4.78 is 0. The van der Waals surface area contributed by atoms with Crippen LogP contribution in [0, 0.1) is 0 Å². The Morgan fingerprint density at radius 2 is 1.87 bits per heavy atom. The molecule has 0 saturated carbocycles. The average molecular weight is 311 g/mol. The molecule has 1 N–H and O–H groups in total. The summed E-state index contributed by atoms with van der Waals surface area (Å²) in [5, 5.41) is 10.9. The molecule has 1 fully saturated rings. The molecule has 0 bridgehead atoms. The molecule has 1 aliphatic heterocycles. The number of rotatable bonds is 4. The van der Waals surface area contributed by atoms with Crippen molar-refractivity contribution in [3.05, 3.63) is 48.0 Å². The van der Waals surface area contributed by atoms with E-state index in [1.807, 2.05) is 47.4 Å². The normalized spacial score (nSPS) is 18.1. The Bertz CT molecular complexity index is 720. The lowest BCUT2D eigenvalue weighted by atomic mass is 9.95. The number of benzene rings is 2. The summed E-state index contributed by atoms with van der Waals surface area (Å²) in [7, 11) is 0. The van der Waals surface area contributed by atoms with Crippen molar-refractivity contribution in [2.24, 2.45) is 0 Å². The molecule has 2 aromatic rings. The molecule has 0 spiro atoms. The molecule has 1 amide bonds. The highest BCUT2D eigenvalue weighted by molar-refractivity contribution is 6.07. The van der Waals surface area contributed by atoms with Gasteiger partial charge in [-0.1, -0.05) is 36.4 Å². The first kappa shape index (κ1) is 15.5. The first-order chi connectivity index (χ1) is 11.2. The van der Waals surface area contributed by atoms with E-state index in [0.717, 1.165) is 30.0 Å². The lowest BCUT2D eigenvalue weighted by Crippen LogP contribution is -2.44. The maximum atomic E-state index is 13.0. The summed E-state index contributed by atoms with van der Waals surface area (Å²) in [6.07, 6.45) is 3.59. The van der Waals surface area contributed by atoms with Gasteiger partial charge in [0.25, 0.3) is 5.91 Å². The lowest BCUT2D eigenvalue weighted by Gasteiger charge is -2.36. The number of nitrogens with zero attached hydrogens (tertiary/aromatic N) is 1. The SMILES string of the molecule is O=C(O)CCC1CCCCN1C(=O)c1cccc2ccccc12. The van der Waals surface area contributed by atoms with E-state index in [9.17, 15) is 9.59 Å². The van der Waals surface area contributed by atoms with Crippen molar-refractivity contribution in [1.29, 1.82) is 0 Å². The van der Waals surface area contributed by atoms with Gasteiger partial charge in [-0.3, -0.25) is 9.59 Å². The number of likely N-dealkylation sites (tertiary alicyclic amines) is 1. The van der Waals surface area contributed by atoms with Crippen LogP contribution in [0.2, 0.25) is 0 Å². The number of carbonyl (C=O) groups is 2.